The lowest BCUT2D eigenvalue weighted by Crippen LogP contribution is -2.30. The molecule has 2 unspecified atom stereocenters. The average molecular weight is 415 g/mol. The molecule has 5 heteroatoms. The van der Waals surface area contributed by atoms with Gasteiger partial charge in [-0.15, -0.1) is 0 Å². The van der Waals surface area contributed by atoms with Crippen molar-refractivity contribution in [3.05, 3.63) is 0 Å². The molecule has 0 aromatic heterocycles. The molecule has 0 radical (unpaired) electrons. The Bertz CT molecular complexity index is 406. The maximum atomic E-state index is 11.7. The van der Waals surface area contributed by atoms with Crippen LogP contribution < -0.4 is 0 Å². The topological polar surface area (TPSA) is 72.8 Å². The summed E-state index contributed by atoms with van der Waals surface area (Å²) in [6.07, 6.45) is 15.8. The Hall–Kier alpha value is -1.10. The summed E-state index contributed by atoms with van der Waals surface area (Å²) in [6.45, 7) is 7.72. The molecule has 0 aliphatic carbocycles. The Morgan fingerprint density at radius 2 is 1.07 bits per heavy atom. The monoisotopic (exact) mass is 414 g/mol. The van der Waals surface area contributed by atoms with Gasteiger partial charge in [-0.05, 0) is 26.2 Å². The van der Waals surface area contributed by atoms with Crippen molar-refractivity contribution in [1.29, 1.82) is 0 Å². The van der Waals surface area contributed by atoms with E-state index in [0.717, 1.165) is 18.8 Å². The highest BCUT2D eigenvalue weighted by Gasteiger charge is 2.21. The first-order valence-corrected chi connectivity index (χ1v) is 11.9. The van der Waals surface area contributed by atoms with Crippen molar-refractivity contribution in [2.75, 3.05) is 6.61 Å². The minimum atomic E-state index is -1.23. The van der Waals surface area contributed by atoms with Crippen LogP contribution in [0.5, 0.6) is 0 Å². The number of ether oxygens (including phenoxy) is 2. The first kappa shape index (κ1) is 27.9. The molecule has 172 valence electrons. The molecule has 0 heterocycles. The summed E-state index contributed by atoms with van der Waals surface area (Å²) in [5.74, 6) is -0.517. The fraction of sp³-hybridized carbons (Fsp3) is 0.917. The van der Waals surface area contributed by atoms with E-state index in [1.807, 2.05) is 0 Å². The van der Waals surface area contributed by atoms with Crippen molar-refractivity contribution in [1.82, 2.24) is 0 Å². The number of unbranched alkanes of at least 4 members (excludes halogenated alkanes) is 12. The lowest BCUT2D eigenvalue weighted by Gasteiger charge is -2.13. The normalized spacial score (nSPS) is 13.3. The predicted molar refractivity (Wildman–Crippen MR) is 118 cm³/mol. The van der Waals surface area contributed by atoms with Crippen LogP contribution in [0.15, 0.2) is 0 Å². The summed E-state index contributed by atoms with van der Waals surface area (Å²) in [6, 6.07) is 0. The van der Waals surface area contributed by atoms with Gasteiger partial charge in [0.25, 0.3) is 0 Å². The molecule has 0 aliphatic heterocycles. The van der Waals surface area contributed by atoms with Crippen LogP contribution in [-0.2, 0) is 19.1 Å². The number of carbonyl (C=O) groups is 2. The number of rotatable bonds is 19. The summed E-state index contributed by atoms with van der Waals surface area (Å²) in [7, 11) is 0. The van der Waals surface area contributed by atoms with E-state index in [2.05, 4.69) is 13.8 Å². The molecule has 0 aromatic carbocycles. The van der Waals surface area contributed by atoms with E-state index >= 15 is 0 Å². The zero-order valence-corrected chi connectivity index (χ0v) is 19.4. The first-order chi connectivity index (χ1) is 13.8. The highest BCUT2D eigenvalue weighted by Crippen LogP contribution is 2.14. The Morgan fingerprint density at radius 1 is 0.655 bits per heavy atom. The van der Waals surface area contributed by atoms with Crippen molar-refractivity contribution in [2.24, 2.45) is 5.92 Å². The molecule has 2 atom stereocenters. The highest BCUT2D eigenvalue weighted by molar-refractivity contribution is 5.80. The average Bonchev–Trinajstić information content (AvgIpc) is 2.66. The minimum absolute atomic E-state index is 0.354. The number of esters is 2. The van der Waals surface area contributed by atoms with Crippen LogP contribution in [-0.4, -0.2) is 35.9 Å². The second-order valence-electron chi connectivity index (χ2n) is 8.70. The van der Waals surface area contributed by atoms with Gasteiger partial charge in [0.15, 0.2) is 6.10 Å². The van der Waals surface area contributed by atoms with Crippen LogP contribution in [0, 0.1) is 5.92 Å². The fourth-order valence-electron chi connectivity index (χ4n) is 3.21. The molecule has 0 fully saturated rings. The maximum absolute atomic E-state index is 11.7. The molecule has 0 bridgehead atoms. The van der Waals surface area contributed by atoms with Crippen LogP contribution >= 0.6 is 0 Å². The molecular weight excluding hydrogens is 368 g/mol. The van der Waals surface area contributed by atoms with Crippen molar-refractivity contribution in [2.45, 2.75) is 130 Å². The molecule has 0 spiro atoms. The van der Waals surface area contributed by atoms with Crippen molar-refractivity contribution in [3.8, 4) is 0 Å². The Kier molecular flexibility index (Phi) is 18.2. The van der Waals surface area contributed by atoms with Crippen molar-refractivity contribution in [3.63, 3.8) is 0 Å². The smallest absolute Gasteiger partial charge is 0.347 e. The van der Waals surface area contributed by atoms with Crippen LogP contribution in [0.3, 0.4) is 0 Å². The molecule has 0 rings (SSSR count). The number of hydrogen-bond donors (Lipinski definition) is 1. The summed E-state index contributed by atoms with van der Waals surface area (Å²) < 4.78 is 9.90. The first-order valence-electron chi connectivity index (χ1n) is 11.9. The van der Waals surface area contributed by atoms with Gasteiger partial charge in [-0.2, -0.15) is 0 Å². The molecule has 0 aliphatic rings. The van der Waals surface area contributed by atoms with E-state index in [4.69, 9.17) is 14.6 Å². The van der Waals surface area contributed by atoms with Crippen LogP contribution in [0.4, 0.5) is 0 Å². The van der Waals surface area contributed by atoms with Gasteiger partial charge in [-0.1, -0.05) is 97.3 Å². The van der Waals surface area contributed by atoms with E-state index in [-0.39, 0.29) is 0 Å². The largest absolute Gasteiger partial charge is 0.463 e. The van der Waals surface area contributed by atoms with Crippen LogP contribution in [0.2, 0.25) is 0 Å². The van der Waals surface area contributed by atoms with E-state index < -0.39 is 24.1 Å². The van der Waals surface area contributed by atoms with Crippen molar-refractivity contribution >= 4 is 11.9 Å². The molecule has 0 saturated carbocycles. The third-order valence-electron chi connectivity index (χ3n) is 5.14. The summed E-state index contributed by atoms with van der Waals surface area (Å²) in [4.78, 5) is 22.9. The highest BCUT2D eigenvalue weighted by atomic mass is 16.6. The molecule has 1 N–H and O–H groups in total. The number of aliphatic hydroxyl groups excluding tert-OH is 1. The van der Waals surface area contributed by atoms with Crippen LogP contribution in [0.25, 0.3) is 0 Å². The third kappa shape index (κ3) is 18.7. The summed E-state index contributed by atoms with van der Waals surface area (Å²) >= 11 is 0. The van der Waals surface area contributed by atoms with Gasteiger partial charge in [0.1, 0.15) is 6.10 Å². The SMILES string of the molecule is CC(C)CCCCCCCCCCCCCCCOC(=O)C(C)OC(=O)C(C)O. The third-order valence-corrected chi connectivity index (χ3v) is 5.14. The van der Waals surface area contributed by atoms with E-state index in [9.17, 15) is 9.59 Å². The van der Waals surface area contributed by atoms with Crippen molar-refractivity contribution < 1.29 is 24.2 Å². The zero-order chi connectivity index (χ0) is 21.9. The Balaban J connectivity index is 3.31. The second-order valence-corrected chi connectivity index (χ2v) is 8.70. The van der Waals surface area contributed by atoms with Gasteiger partial charge in [0.05, 0.1) is 6.61 Å². The number of hydrogen-bond acceptors (Lipinski definition) is 5. The van der Waals surface area contributed by atoms with Gasteiger partial charge < -0.3 is 14.6 Å². The maximum Gasteiger partial charge on any atom is 0.347 e. The second kappa shape index (κ2) is 18.9. The Labute approximate surface area is 178 Å². The van der Waals surface area contributed by atoms with Gasteiger partial charge >= 0.3 is 11.9 Å². The summed E-state index contributed by atoms with van der Waals surface area (Å²) in [5, 5.41) is 9.06. The van der Waals surface area contributed by atoms with Gasteiger partial charge in [-0.25, -0.2) is 9.59 Å². The number of aliphatic hydroxyl groups is 1. The fourth-order valence-corrected chi connectivity index (χ4v) is 3.21. The van der Waals surface area contributed by atoms with E-state index in [0.29, 0.717) is 6.61 Å². The van der Waals surface area contributed by atoms with Gasteiger partial charge in [0.2, 0.25) is 0 Å². The lowest BCUT2D eigenvalue weighted by molar-refractivity contribution is -0.171. The molecular formula is C24H46O5. The summed E-state index contributed by atoms with van der Waals surface area (Å²) in [5.41, 5.74) is 0. The van der Waals surface area contributed by atoms with Gasteiger partial charge in [0, 0.05) is 0 Å². The Morgan fingerprint density at radius 3 is 1.48 bits per heavy atom. The number of carbonyl (C=O) groups excluding carboxylic acids is 2. The van der Waals surface area contributed by atoms with E-state index in [1.54, 1.807) is 0 Å². The molecule has 0 amide bonds. The van der Waals surface area contributed by atoms with Gasteiger partial charge in [-0.3, -0.25) is 0 Å². The van der Waals surface area contributed by atoms with Crippen LogP contribution in [0.1, 0.15) is 118 Å². The minimum Gasteiger partial charge on any atom is -0.463 e. The standard InChI is InChI=1S/C24H46O5/c1-20(2)18-16-14-12-10-8-6-5-7-9-11-13-15-17-19-28-24(27)22(4)29-23(26)21(3)25/h20-22,25H,5-19H2,1-4H3. The molecule has 29 heavy (non-hydrogen) atoms. The van der Waals surface area contributed by atoms with E-state index in [1.165, 1.54) is 90.9 Å². The molecule has 0 aromatic rings. The zero-order valence-electron chi connectivity index (χ0n) is 19.4. The molecule has 0 saturated heterocycles. The molecule has 5 nitrogen and oxygen atoms in total. The predicted octanol–water partition coefficient (Wildman–Crippen LogP) is 5.96. The lowest BCUT2D eigenvalue weighted by atomic mass is 10.0. The quantitative estimate of drug-likeness (QED) is 0.208.